The molecule has 9 heteroatoms. The van der Waals surface area contributed by atoms with E-state index in [2.05, 4.69) is 4.74 Å². The second-order valence-corrected chi connectivity index (χ2v) is 5.37. The fourth-order valence-electron chi connectivity index (χ4n) is 1.29. The summed E-state index contributed by atoms with van der Waals surface area (Å²) in [5.41, 5.74) is -1.86. The molecule has 1 N–H and O–H groups in total. The van der Waals surface area contributed by atoms with Crippen molar-refractivity contribution in [1.82, 2.24) is 0 Å². The Kier molecular flexibility index (Phi) is 4.09. The molecule has 1 rings (SSSR count). The van der Waals surface area contributed by atoms with Crippen molar-refractivity contribution in [2.45, 2.75) is 6.18 Å². The number of benzene rings is 1. The highest BCUT2D eigenvalue weighted by atomic mass is 32.2. The van der Waals surface area contributed by atoms with E-state index in [-0.39, 0.29) is 5.56 Å². The third kappa shape index (κ3) is 4.12. The smallest absolute Gasteiger partial charge is 0.416 e. The van der Waals surface area contributed by atoms with Crippen molar-refractivity contribution in [3.05, 3.63) is 29.3 Å². The molecule has 0 unspecified atom stereocenters. The monoisotopic (exact) mass is 297 g/mol. The van der Waals surface area contributed by atoms with Crippen LogP contribution in [0.25, 0.3) is 0 Å². The number of nitrogens with one attached hydrogen (secondary N) is 1. The first-order chi connectivity index (χ1) is 8.54. The van der Waals surface area contributed by atoms with E-state index < -0.39 is 33.4 Å². The van der Waals surface area contributed by atoms with Crippen molar-refractivity contribution in [3.8, 4) is 0 Å². The summed E-state index contributed by atoms with van der Waals surface area (Å²) >= 11 is 0. The second-order valence-electron chi connectivity index (χ2n) is 3.62. The zero-order valence-corrected chi connectivity index (χ0v) is 10.7. The van der Waals surface area contributed by atoms with Crippen LogP contribution in [0.3, 0.4) is 0 Å². The van der Waals surface area contributed by atoms with Crippen molar-refractivity contribution in [2.75, 3.05) is 18.1 Å². The zero-order chi connectivity index (χ0) is 14.8. The SMILES string of the molecule is COC(=O)c1ccc(C(F)(F)F)cc1NS(C)(=O)=O. The quantitative estimate of drug-likeness (QED) is 0.864. The Morgan fingerprint density at radius 2 is 1.89 bits per heavy atom. The molecule has 106 valence electrons. The predicted molar refractivity (Wildman–Crippen MR) is 61.3 cm³/mol. The number of hydrogen-bond donors (Lipinski definition) is 1. The molecule has 0 saturated heterocycles. The topological polar surface area (TPSA) is 72.5 Å². The summed E-state index contributed by atoms with van der Waals surface area (Å²) in [6.45, 7) is 0. The van der Waals surface area contributed by atoms with E-state index in [9.17, 15) is 26.4 Å². The Morgan fingerprint density at radius 1 is 1.32 bits per heavy atom. The molecule has 0 radical (unpaired) electrons. The summed E-state index contributed by atoms with van der Waals surface area (Å²) in [6, 6.07) is 2.05. The molecule has 0 saturated carbocycles. The first-order valence-electron chi connectivity index (χ1n) is 4.82. The summed E-state index contributed by atoms with van der Waals surface area (Å²) in [5.74, 6) is -0.945. The van der Waals surface area contributed by atoms with Gasteiger partial charge in [0, 0.05) is 0 Å². The lowest BCUT2D eigenvalue weighted by Crippen LogP contribution is -2.15. The molecule has 0 fully saturated rings. The van der Waals surface area contributed by atoms with E-state index in [1.165, 1.54) is 0 Å². The summed E-state index contributed by atoms with van der Waals surface area (Å²) in [7, 11) is -2.80. The highest BCUT2D eigenvalue weighted by molar-refractivity contribution is 7.92. The van der Waals surface area contributed by atoms with Crippen LogP contribution in [0, 0.1) is 0 Å². The Morgan fingerprint density at radius 3 is 2.32 bits per heavy atom. The van der Waals surface area contributed by atoms with Crippen LogP contribution in [0.4, 0.5) is 18.9 Å². The lowest BCUT2D eigenvalue weighted by atomic mass is 10.1. The van der Waals surface area contributed by atoms with Crippen LogP contribution in [0.5, 0.6) is 0 Å². The summed E-state index contributed by atoms with van der Waals surface area (Å²) in [5, 5.41) is 0. The Hall–Kier alpha value is -1.77. The number of rotatable bonds is 3. The van der Waals surface area contributed by atoms with Crippen LogP contribution in [-0.2, 0) is 20.9 Å². The molecule has 0 atom stereocenters. The van der Waals surface area contributed by atoms with Crippen molar-refractivity contribution in [2.24, 2.45) is 0 Å². The summed E-state index contributed by atoms with van der Waals surface area (Å²) < 4.78 is 65.9. The van der Waals surface area contributed by atoms with Crippen molar-refractivity contribution < 1.29 is 31.1 Å². The summed E-state index contributed by atoms with van der Waals surface area (Å²) in [4.78, 5) is 11.3. The highest BCUT2D eigenvalue weighted by Crippen LogP contribution is 2.32. The summed E-state index contributed by atoms with van der Waals surface area (Å²) in [6.07, 6.45) is -3.89. The Labute approximate surface area is 107 Å². The van der Waals surface area contributed by atoms with E-state index in [1.807, 2.05) is 4.72 Å². The Bertz CT molecular complexity index is 595. The van der Waals surface area contributed by atoms with Crippen molar-refractivity contribution >= 4 is 21.7 Å². The van der Waals surface area contributed by atoms with Gasteiger partial charge in [-0.3, -0.25) is 4.72 Å². The predicted octanol–water partition coefficient (Wildman–Crippen LogP) is 1.86. The average molecular weight is 297 g/mol. The van der Waals surface area contributed by atoms with E-state index in [1.54, 1.807) is 0 Å². The number of alkyl halides is 3. The molecule has 1 aromatic rings. The molecule has 0 aromatic heterocycles. The van der Waals surface area contributed by atoms with Gasteiger partial charge in [0.15, 0.2) is 0 Å². The maximum absolute atomic E-state index is 12.5. The third-order valence-electron chi connectivity index (χ3n) is 2.05. The van der Waals surface area contributed by atoms with Gasteiger partial charge in [0.05, 0.1) is 30.2 Å². The lowest BCUT2D eigenvalue weighted by Gasteiger charge is -2.13. The van der Waals surface area contributed by atoms with Crippen molar-refractivity contribution in [1.29, 1.82) is 0 Å². The van der Waals surface area contributed by atoms with Crippen LogP contribution in [0.1, 0.15) is 15.9 Å². The van der Waals surface area contributed by atoms with Gasteiger partial charge in [-0.1, -0.05) is 0 Å². The normalized spacial score (nSPS) is 12.1. The van der Waals surface area contributed by atoms with Gasteiger partial charge in [-0.25, -0.2) is 13.2 Å². The number of carbonyl (C=O) groups excluding carboxylic acids is 1. The van der Waals surface area contributed by atoms with Crippen molar-refractivity contribution in [3.63, 3.8) is 0 Å². The van der Waals surface area contributed by atoms with Gasteiger partial charge in [0.2, 0.25) is 10.0 Å². The molecular weight excluding hydrogens is 287 g/mol. The fraction of sp³-hybridized carbons (Fsp3) is 0.300. The first kappa shape index (κ1) is 15.3. The van der Waals surface area contributed by atoms with Crippen LogP contribution < -0.4 is 4.72 Å². The molecule has 19 heavy (non-hydrogen) atoms. The Balaban J connectivity index is 3.38. The number of hydrogen-bond acceptors (Lipinski definition) is 4. The maximum Gasteiger partial charge on any atom is 0.416 e. The molecule has 0 aliphatic carbocycles. The van der Waals surface area contributed by atoms with Crippen LogP contribution in [0.2, 0.25) is 0 Å². The van der Waals surface area contributed by atoms with E-state index >= 15 is 0 Å². The van der Waals surface area contributed by atoms with Crippen LogP contribution in [-0.4, -0.2) is 27.8 Å². The average Bonchev–Trinajstić information content (AvgIpc) is 2.24. The number of anilines is 1. The molecule has 0 spiro atoms. The molecule has 0 aliphatic heterocycles. The van der Waals surface area contributed by atoms with Gasteiger partial charge in [0.25, 0.3) is 0 Å². The zero-order valence-electron chi connectivity index (χ0n) is 9.91. The second kappa shape index (κ2) is 5.08. The van der Waals surface area contributed by atoms with E-state index in [0.717, 1.165) is 19.4 Å². The molecule has 0 bridgehead atoms. The van der Waals surface area contributed by atoms with Gasteiger partial charge < -0.3 is 4.74 Å². The largest absolute Gasteiger partial charge is 0.465 e. The molecule has 1 aromatic carbocycles. The van der Waals surface area contributed by atoms with E-state index in [4.69, 9.17) is 0 Å². The number of halogens is 3. The lowest BCUT2D eigenvalue weighted by molar-refractivity contribution is -0.137. The maximum atomic E-state index is 12.5. The number of carbonyl (C=O) groups is 1. The van der Waals surface area contributed by atoms with Gasteiger partial charge in [-0.15, -0.1) is 0 Å². The third-order valence-corrected chi connectivity index (χ3v) is 2.64. The fourth-order valence-corrected chi connectivity index (χ4v) is 1.86. The highest BCUT2D eigenvalue weighted by Gasteiger charge is 2.32. The molecule has 0 amide bonds. The first-order valence-corrected chi connectivity index (χ1v) is 6.71. The number of ether oxygens (including phenoxy) is 1. The van der Waals surface area contributed by atoms with Gasteiger partial charge >= 0.3 is 12.1 Å². The number of methoxy groups -OCH3 is 1. The van der Waals surface area contributed by atoms with Gasteiger partial charge in [0.1, 0.15) is 0 Å². The molecular formula is C10H10F3NO4S. The minimum atomic E-state index is -4.65. The molecule has 5 nitrogen and oxygen atoms in total. The van der Waals surface area contributed by atoms with Gasteiger partial charge in [-0.05, 0) is 18.2 Å². The molecule has 0 aliphatic rings. The number of esters is 1. The van der Waals surface area contributed by atoms with Crippen LogP contribution in [0.15, 0.2) is 18.2 Å². The van der Waals surface area contributed by atoms with E-state index in [0.29, 0.717) is 12.1 Å². The minimum absolute atomic E-state index is 0.305. The number of sulfonamides is 1. The van der Waals surface area contributed by atoms with Gasteiger partial charge in [-0.2, -0.15) is 13.2 Å². The molecule has 0 heterocycles. The standard InChI is InChI=1S/C10H10F3NO4S/c1-18-9(15)7-4-3-6(10(11,12)13)5-8(7)14-19(2,16)17/h3-5,14H,1-2H3. The minimum Gasteiger partial charge on any atom is -0.465 e. The van der Waals surface area contributed by atoms with Crippen LogP contribution >= 0.6 is 0 Å².